The molecule has 0 radical (unpaired) electrons. The van der Waals surface area contributed by atoms with Crippen LogP contribution < -0.4 is 15.1 Å². The number of carbonyl (C=O) groups excluding carboxylic acids is 1. The fraction of sp³-hybridized carbons (Fsp3) is 0.480. The first-order chi connectivity index (χ1) is 14.6. The Kier molecular flexibility index (Phi) is 5.25. The van der Waals surface area contributed by atoms with Gasteiger partial charge < -0.3 is 20.2 Å². The molecule has 1 amide bonds. The fourth-order valence-electron chi connectivity index (χ4n) is 5.10. The van der Waals surface area contributed by atoms with Gasteiger partial charge in [0.2, 0.25) is 5.91 Å². The van der Waals surface area contributed by atoms with E-state index in [1.54, 1.807) is 0 Å². The van der Waals surface area contributed by atoms with E-state index in [4.69, 9.17) is 0 Å². The smallest absolute Gasteiger partial charge is 0.230 e. The molecule has 158 valence electrons. The Labute approximate surface area is 178 Å². The van der Waals surface area contributed by atoms with E-state index in [-0.39, 0.29) is 11.8 Å². The quantitative estimate of drug-likeness (QED) is 0.803. The van der Waals surface area contributed by atoms with Crippen molar-refractivity contribution in [3.05, 3.63) is 59.7 Å². The molecule has 1 aliphatic carbocycles. The minimum Gasteiger partial charge on any atom is -0.385 e. The van der Waals surface area contributed by atoms with Gasteiger partial charge in [0.25, 0.3) is 0 Å². The van der Waals surface area contributed by atoms with Crippen LogP contribution in [-0.4, -0.2) is 43.7 Å². The van der Waals surface area contributed by atoms with E-state index in [0.29, 0.717) is 0 Å². The Morgan fingerprint density at radius 2 is 1.73 bits per heavy atom. The van der Waals surface area contributed by atoms with Crippen molar-refractivity contribution in [3.8, 4) is 0 Å². The SMILES string of the molecule is O=C1C(Cc2ccccc2N2CCNCC2)CCN1c1ccc(C2(O)CCC2)cc1. The van der Waals surface area contributed by atoms with Gasteiger partial charge in [0.15, 0.2) is 0 Å². The van der Waals surface area contributed by atoms with Crippen LogP contribution in [0.25, 0.3) is 0 Å². The van der Waals surface area contributed by atoms with Crippen molar-refractivity contribution < 1.29 is 9.90 Å². The molecule has 2 aliphatic heterocycles. The molecule has 2 aromatic rings. The summed E-state index contributed by atoms with van der Waals surface area (Å²) in [5, 5.41) is 14.0. The van der Waals surface area contributed by atoms with Crippen LogP contribution >= 0.6 is 0 Å². The molecule has 5 nitrogen and oxygen atoms in total. The first-order valence-corrected chi connectivity index (χ1v) is 11.3. The number of amides is 1. The molecule has 2 N–H and O–H groups in total. The topological polar surface area (TPSA) is 55.8 Å². The summed E-state index contributed by atoms with van der Waals surface area (Å²) >= 11 is 0. The zero-order valence-corrected chi connectivity index (χ0v) is 17.5. The van der Waals surface area contributed by atoms with E-state index >= 15 is 0 Å². The highest BCUT2D eigenvalue weighted by Gasteiger charge is 2.37. The molecule has 1 unspecified atom stereocenters. The molecule has 3 fully saturated rings. The molecule has 1 atom stereocenters. The van der Waals surface area contributed by atoms with Crippen molar-refractivity contribution in [1.82, 2.24) is 5.32 Å². The molecule has 2 saturated heterocycles. The Morgan fingerprint density at radius 1 is 1.00 bits per heavy atom. The average Bonchev–Trinajstić information content (AvgIpc) is 3.13. The summed E-state index contributed by atoms with van der Waals surface area (Å²) in [5.74, 6) is 0.254. The average molecular weight is 406 g/mol. The Bertz CT molecular complexity index is 901. The van der Waals surface area contributed by atoms with Crippen LogP contribution in [0.1, 0.15) is 36.8 Å². The third-order valence-corrected chi connectivity index (χ3v) is 7.13. The molecule has 0 spiro atoms. The minimum atomic E-state index is -0.649. The lowest BCUT2D eigenvalue weighted by Crippen LogP contribution is -2.44. The lowest BCUT2D eigenvalue weighted by Gasteiger charge is -2.37. The summed E-state index contributed by atoms with van der Waals surface area (Å²) in [4.78, 5) is 17.6. The predicted octanol–water partition coefficient (Wildman–Crippen LogP) is 3.06. The van der Waals surface area contributed by atoms with Crippen LogP contribution in [0.15, 0.2) is 48.5 Å². The van der Waals surface area contributed by atoms with E-state index in [1.807, 2.05) is 29.2 Å². The van der Waals surface area contributed by atoms with Gasteiger partial charge >= 0.3 is 0 Å². The van der Waals surface area contributed by atoms with E-state index in [0.717, 1.165) is 76.1 Å². The number of benzene rings is 2. The van der Waals surface area contributed by atoms with Crippen LogP contribution in [0.4, 0.5) is 11.4 Å². The molecule has 5 rings (SSSR count). The van der Waals surface area contributed by atoms with Gasteiger partial charge in [-0.15, -0.1) is 0 Å². The maximum absolute atomic E-state index is 13.2. The van der Waals surface area contributed by atoms with Crippen molar-refractivity contribution in [2.75, 3.05) is 42.5 Å². The Hall–Kier alpha value is -2.37. The largest absolute Gasteiger partial charge is 0.385 e. The van der Waals surface area contributed by atoms with Gasteiger partial charge in [-0.25, -0.2) is 0 Å². The number of hydrogen-bond donors (Lipinski definition) is 2. The maximum Gasteiger partial charge on any atom is 0.230 e. The van der Waals surface area contributed by atoms with Crippen LogP contribution in [0, 0.1) is 5.92 Å². The van der Waals surface area contributed by atoms with Gasteiger partial charge in [0, 0.05) is 50.0 Å². The summed E-state index contributed by atoms with van der Waals surface area (Å²) in [5.41, 5.74) is 3.84. The molecular weight excluding hydrogens is 374 g/mol. The molecule has 2 heterocycles. The van der Waals surface area contributed by atoms with E-state index < -0.39 is 5.60 Å². The Morgan fingerprint density at radius 3 is 2.43 bits per heavy atom. The normalized spacial score (nSPS) is 23.5. The number of anilines is 2. The summed E-state index contributed by atoms with van der Waals surface area (Å²) in [6.07, 6.45) is 4.45. The van der Waals surface area contributed by atoms with Crippen LogP contribution in [-0.2, 0) is 16.8 Å². The summed E-state index contributed by atoms with van der Waals surface area (Å²) < 4.78 is 0. The van der Waals surface area contributed by atoms with E-state index in [2.05, 4.69) is 34.5 Å². The monoisotopic (exact) mass is 405 g/mol. The second-order valence-corrected chi connectivity index (χ2v) is 8.98. The number of aliphatic hydroxyl groups is 1. The molecule has 5 heteroatoms. The number of carbonyl (C=O) groups is 1. The molecule has 0 bridgehead atoms. The zero-order chi connectivity index (χ0) is 20.6. The number of hydrogen-bond acceptors (Lipinski definition) is 4. The first kappa shape index (κ1) is 19.6. The summed E-state index contributed by atoms with van der Waals surface area (Å²) in [6.45, 7) is 4.81. The van der Waals surface area contributed by atoms with Gasteiger partial charge in [-0.05, 0) is 61.4 Å². The minimum absolute atomic E-state index is 0.0320. The molecule has 30 heavy (non-hydrogen) atoms. The van der Waals surface area contributed by atoms with Gasteiger partial charge in [0.05, 0.1) is 5.60 Å². The van der Waals surface area contributed by atoms with Gasteiger partial charge in [-0.3, -0.25) is 4.79 Å². The molecule has 1 saturated carbocycles. The lowest BCUT2D eigenvalue weighted by atomic mass is 9.75. The van der Waals surface area contributed by atoms with Crippen molar-refractivity contribution in [2.45, 2.75) is 37.7 Å². The van der Waals surface area contributed by atoms with Crippen molar-refractivity contribution in [3.63, 3.8) is 0 Å². The highest BCUT2D eigenvalue weighted by atomic mass is 16.3. The highest BCUT2D eigenvalue weighted by Crippen LogP contribution is 2.41. The molecule has 0 aromatic heterocycles. The number of nitrogens with zero attached hydrogens (tertiary/aromatic N) is 2. The standard InChI is InChI=1S/C25H31N3O2/c29-24-20(18-19-4-1-2-5-23(19)27-16-13-26-14-17-27)10-15-28(24)22-8-6-21(7-9-22)25(30)11-3-12-25/h1-2,4-9,20,26,30H,3,10-18H2. The summed E-state index contributed by atoms with van der Waals surface area (Å²) in [6, 6.07) is 16.6. The van der Waals surface area contributed by atoms with Crippen LogP contribution in [0.2, 0.25) is 0 Å². The van der Waals surface area contributed by atoms with E-state index in [1.165, 1.54) is 11.3 Å². The summed E-state index contributed by atoms with van der Waals surface area (Å²) in [7, 11) is 0. The van der Waals surface area contributed by atoms with Gasteiger partial charge in [-0.1, -0.05) is 30.3 Å². The third kappa shape index (κ3) is 3.61. The lowest BCUT2D eigenvalue weighted by molar-refractivity contribution is -0.120. The maximum atomic E-state index is 13.2. The molecule has 2 aromatic carbocycles. The zero-order valence-electron chi connectivity index (χ0n) is 17.5. The fourth-order valence-corrected chi connectivity index (χ4v) is 5.10. The predicted molar refractivity (Wildman–Crippen MR) is 120 cm³/mol. The molecule has 3 aliphatic rings. The first-order valence-electron chi connectivity index (χ1n) is 11.3. The highest BCUT2D eigenvalue weighted by molar-refractivity contribution is 5.97. The second kappa shape index (κ2) is 8.05. The van der Waals surface area contributed by atoms with Gasteiger partial charge in [0.1, 0.15) is 0 Å². The number of para-hydroxylation sites is 1. The van der Waals surface area contributed by atoms with Gasteiger partial charge in [-0.2, -0.15) is 0 Å². The number of rotatable bonds is 5. The van der Waals surface area contributed by atoms with Crippen LogP contribution in [0.5, 0.6) is 0 Å². The Balaban J connectivity index is 1.29. The number of piperazine rings is 1. The second-order valence-electron chi connectivity index (χ2n) is 8.98. The van der Waals surface area contributed by atoms with Crippen LogP contribution in [0.3, 0.4) is 0 Å². The van der Waals surface area contributed by atoms with E-state index in [9.17, 15) is 9.90 Å². The third-order valence-electron chi connectivity index (χ3n) is 7.13. The van der Waals surface area contributed by atoms with Crippen molar-refractivity contribution >= 4 is 17.3 Å². The van der Waals surface area contributed by atoms with Crippen molar-refractivity contribution in [1.29, 1.82) is 0 Å². The number of nitrogens with one attached hydrogen (secondary N) is 1. The van der Waals surface area contributed by atoms with Crippen molar-refractivity contribution in [2.24, 2.45) is 5.92 Å². The molecular formula is C25H31N3O2.